The van der Waals surface area contributed by atoms with Gasteiger partial charge in [-0.15, -0.1) is 0 Å². The van der Waals surface area contributed by atoms with Crippen LogP contribution in [0.25, 0.3) is 0 Å². The van der Waals surface area contributed by atoms with Gasteiger partial charge in [0.25, 0.3) is 0 Å². The lowest BCUT2D eigenvalue weighted by molar-refractivity contribution is 0.514. The number of hydrogen-bond acceptors (Lipinski definition) is 0. The molecule has 2 heteroatoms. The SMILES string of the molecule is CS(C)(I)C1CCCCC1. The van der Waals surface area contributed by atoms with E-state index >= 15 is 0 Å². The van der Waals surface area contributed by atoms with Crippen molar-refractivity contribution >= 4 is 28.4 Å². The smallest absolute Gasteiger partial charge is 0.00340 e. The fraction of sp³-hybridized carbons (Fsp3) is 1.00. The maximum atomic E-state index is 2.68. The summed E-state index contributed by atoms with van der Waals surface area (Å²) in [6, 6.07) is 0. The van der Waals surface area contributed by atoms with Gasteiger partial charge in [0.15, 0.2) is 0 Å². The Morgan fingerprint density at radius 2 is 1.60 bits per heavy atom. The van der Waals surface area contributed by atoms with Crippen LogP contribution in [0.15, 0.2) is 0 Å². The monoisotopic (exact) mass is 272 g/mol. The zero-order valence-electron chi connectivity index (χ0n) is 6.90. The van der Waals surface area contributed by atoms with Crippen molar-refractivity contribution in [1.82, 2.24) is 0 Å². The Hall–Kier alpha value is 1.08. The van der Waals surface area contributed by atoms with Gasteiger partial charge in [0.1, 0.15) is 0 Å². The highest BCUT2D eigenvalue weighted by molar-refractivity contribution is 14.2. The average molecular weight is 272 g/mol. The van der Waals surface area contributed by atoms with Gasteiger partial charge in [-0.1, -0.05) is 19.3 Å². The zero-order chi connectivity index (χ0) is 7.61. The number of halogens is 1. The van der Waals surface area contributed by atoms with Crippen molar-refractivity contribution < 1.29 is 0 Å². The molecule has 1 aliphatic carbocycles. The summed E-state index contributed by atoms with van der Waals surface area (Å²) in [5, 5.41) is 1.07. The van der Waals surface area contributed by atoms with Crippen molar-refractivity contribution in [3.8, 4) is 0 Å². The van der Waals surface area contributed by atoms with E-state index < -0.39 is 0 Å². The van der Waals surface area contributed by atoms with Crippen LogP contribution in [0.3, 0.4) is 0 Å². The molecule has 0 unspecified atom stereocenters. The van der Waals surface area contributed by atoms with Crippen LogP contribution < -0.4 is 0 Å². The molecule has 0 aromatic rings. The van der Waals surface area contributed by atoms with E-state index in [4.69, 9.17) is 0 Å². The Morgan fingerprint density at radius 3 is 1.90 bits per heavy atom. The molecule has 0 N–H and O–H groups in total. The van der Waals surface area contributed by atoms with Gasteiger partial charge >= 0.3 is 0 Å². The van der Waals surface area contributed by atoms with E-state index in [0.29, 0.717) is 0 Å². The van der Waals surface area contributed by atoms with Gasteiger partial charge in [0.2, 0.25) is 0 Å². The second-order valence-corrected chi connectivity index (χ2v) is 13.6. The maximum absolute atomic E-state index is 2.68. The highest BCUT2D eigenvalue weighted by Crippen LogP contribution is 2.57. The van der Waals surface area contributed by atoms with E-state index in [1.54, 1.807) is 0 Å². The molecule has 1 aliphatic rings. The minimum atomic E-state index is -0.256. The van der Waals surface area contributed by atoms with Crippen LogP contribution in [0.1, 0.15) is 32.1 Å². The Morgan fingerprint density at radius 1 is 1.10 bits per heavy atom. The Labute approximate surface area is 78.1 Å². The van der Waals surface area contributed by atoms with Gasteiger partial charge in [-0.25, -0.2) is 0 Å². The Bertz CT molecular complexity index is 100. The second kappa shape index (κ2) is 3.65. The van der Waals surface area contributed by atoms with Crippen LogP contribution in [-0.4, -0.2) is 17.8 Å². The standard InChI is InChI=1S/C8H17IS/c1-10(2,9)8-6-4-3-5-7-8/h8H,3-7H2,1-2H3. The molecule has 1 saturated carbocycles. The molecule has 0 atom stereocenters. The van der Waals surface area contributed by atoms with E-state index in [9.17, 15) is 0 Å². The van der Waals surface area contributed by atoms with Crippen LogP contribution in [-0.2, 0) is 0 Å². The van der Waals surface area contributed by atoms with Crippen LogP contribution >= 0.6 is 28.4 Å². The molecule has 0 radical (unpaired) electrons. The highest BCUT2D eigenvalue weighted by Gasteiger charge is 2.23. The molecule has 1 rings (SSSR count). The lowest BCUT2D eigenvalue weighted by atomic mass is 10.0. The summed E-state index contributed by atoms with van der Waals surface area (Å²) < 4.78 is 0. The van der Waals surface area contributed by atoms with E-state index in [1.165, 1.54) is 32.1 Å². The van der Waals surface area contributed by atoms with Gasteiger partial charge in [-0.05, 0) is 51.8 Å². The number of hydrogen-bond donors (Lipinski definition) is 0. The summed E-state index contributed by atoms with van der Waals surface area (Å²) in [5.74, 6) is 0. The van der Waals surface area contributed by atoms with E-state index in [-0.39, 0.29) is 7.20 Å². The lowest BCUT2D eigenvalue weighted by Crippen LogP contribution is -2.15. The topological polar surface area (TPSA) is 0 Å². The van der Waals surface area contributed by atoms with Crippen molar-refractivity contribution in [2.24, 2.45) is 0 Å². The molecule has 0 saturated heterocycles. The number of rotatable bonds is 1. The summed E-state index contributed by atoms with van der Waals surface area (Å²) in [6.45, 7) is 0. The summed E-state index contributed by atoms with van der Waals surface area (Å²) in [5.41, 5.74) is 0. The molecule has 0 aliphatic heterocycles. The van der Waals surface area contributed by atoms with Crippen LogP contribution in [0.5, 0.6) is 0 Å². The Kier molecular flexibility index (Phi) is 3.35. The summed E-state index contributed by atoms with van der Waals surface area (Å²) in [4.78, 5) is 0. The molecule has 0 aromatic heterocycles. The maximum Gasteiger partial charge on any atom is -0.00340 e. The van der Waals surface area contributed by atoms with Gasteiger partial charge < -0.3 is 0 Å². The molecular weight excluding hydrogens is 255 g/mol. The van der Waals surface area contributed by atoms with Crippen molar-refractivity contribution in [3.63, 3.8) is 0 Å². The van der Waals surface area contributed by atoms with E-state index in [0.717, 1.165) is 5.25 Å². The third kappa shape index (κ3) is 2.61. The molecule has 62 valence electrons. The second-order valence-electron chi connectivity index (χ2n) is 3.54. The quantitative estimate of drug-likeness (QED) is 0.638. The summed E-state index contributed by atoms with van der Waals surface area (Å²) in [7, 11) is -0.256. The fourth-order valence-electron chi connectivity index (χ4n) is 1.63. The summed E-state index contributed by atoms with van der Waals surface area (Å²) >= 11 is 2.68. The predicted octanol–water partition coefficient (Wildman–Crippen LogP) is 3.73. The van der Waals surface area contributed by atoms with Crippen LogP contribution in [0.2, 0.25) is 0 Å². The molecule has 10 heavy (non-hydrogen) atoms. The highest BCUT2D eigenvalue weighted by atomic mass is 127. The van der Waals surface area contributed by atoms with Crippen molar-refractivity contribution in [1.29, 1.82) is 0 Å². The third-order valence-electron chi connectivity index (χ3n) is 2.34. The first-order valence-corrected chi connectivity index (χ1v) is 9.08. The lowest BCUT2D eigenvalue weighted by Gasteiger charge is -2.36. The van der Waals surface area contributed by atoms with Gasteiger partial charge in [0.05, 0.1) is 0 Å². The molecule has 1 fully saturated rings. The minimum Gasteiger partial charge on any atom is -0.190 e. The van der Waals surface area contributed by atoms with Crippen LogP contribution in [0.4, 0.5) is 0 Å². The first kappa shape index (κ1) is 9.17. The molecule has 0 bridgehead atoms. The average Bonchev–Trinajstić information content (AvgIpc) is 1.88. The van der Waals surface area contributed by atoms with E-state index in [2.05, 4.69) is 33.7 Å². The Balaban J connectivity index is 2.39. The molecule has 0 spiro atoms. The minimum absolute atomic E-state index is 0.256. The largest absolute Gasteiger partial charge is 0.190 e. The first-order valence-electron chi connectivity index (χ1n) is 4.02. The van der Waals surface area contributed by atoms with Gasteiger partial charge in [0, 0.05) is 0 Å². The van der Waals surface area contributed by atoms with E-state index in [1.807, 2.05) is 0 Å². The van der Waals surface area contributed by atoms with Gasteiger partial charge in [-0.3, -0.25) is 0 Å². The predicted molar refractivity (Wildman–Crippen MR) is 60.3 cm³/mol. The van der Waals surface area contributed by atoms with Crippen molar-refractivity contribution in [3.05, 3.63) is 0 Å². The molecule has 0 aromatic carbocycles. The first-order chi connectivity index (χ1) is 4.61. The zero-order valence-corrected chi connectivity index (χ0v) is 9.87. The van der Waals surface area contributed by atoms with Crippen molar-refractivity contribution in [2.75, 3.05) is 12.5 Å². The molecule has 0 nitrogen and oxygen atoms in total. The molecule has 0 amide bonds. The molecular formula is C8H17IS. The van der Waals surface area contributed by atoms with Gasteiger partial charge in [-0.2, -0.15) is 7.20 Å². The molecule has 0 heterocycles. The van der Waals surface area contributed by atoms with Crippen LogP contribution in [0, 0.1) is 0 Å². The normalized spacial score (nSPS) is 24.7. The fourth-order valence-corrected chi connectivity index (χ4v) is 4.61. The summed E-state index contributed by atoms with van der Waals surface area (Å²) in [6.07, 6.45) is 12.4. The van der Waals surface area contributed by atoms with Crippen molar-refractivity contribution in [2.45, 2.75) is 37.4 Å². The third-order valence-corrected chi connectivity index (χ3v) is 6.56.